The second-order valence-electron chi connectivity index (χ2n) is 4.11. The van der Waals surface area contributed by atoms with Crippen LogP contribution in [0.4, 0.5) is 5.69 Å². The monoisotopic (exact) mass is 208 g/mol. The van der Waals surface area contributed by atoms with E-state index in [1.807, 2.05) is 43.1 Å². The Morgan fingerprint density at radius 3 is 2.20 bits per heavy atom. The molecule has 3 nitrogen and oxygen atoms in total. The molecule has 0 aromatic heterocycles. The first kappa shape index (κ1) is 12.0. The lowest BCUT2D eigenvalue weighted by atomic mass is 10.1. The summed E-state index contributed by atoms with van der Waals surface area (Å²) in [4.78, 5) is 2.02. The number of anilines is 1. The van der Waals surface area contributed by atoms with Gasteiger partial charge in [-0.25, -0.2) is 0 Å². The van der Waals surface area contributed by atoms with Gasteiger partial charge in [0, 0.05) is 25.3 Å². The maximum Gasteiger partial charge on any atom is 0.0686 e. The van der Waals surface area contributed by atoms with E-state index in [0.717, 1.165) is 11.3 Å². The van der Waals surface area contributed by atoms with E-state index in [9.17, 15) is 5.11 Å². The van der Waals surface area contributed by atoms with Crippen LogP contribution in [0.1, 0.15) is 25.5 Å². The van der Waals surface area contributed by atoms with Crippen molar-refractivity contribution in [3.8, 4) is 0 Å². The average molecular weight is 208 g/mol. The van der Waals surface area contributed by atoms with Crippen LogP contribution in [-0.2, 0) is 0 Å². The highest BCUT2D eigenvalue weighted by Crippen LogP contribution is 2.17. The van der Waals surface area contributed by atoms with Crippen molar-refractivity contribution in [3.05, 3.63) is 29.8 Å². The van der Waals surface area contributed by atoms with Gasteiger partial charge in [-0.2, -0.15) is 0 Å². The van der Waals surface area contributed by atoms with Gasteiger partial charge >= 0.3 is 0 Å². The van der Waals surface area contributed by atoms with Crippen molar-refractivity contribution in [2.75, 3.05) is 18.5 Å². The smallest absolute Gasteiger partial charge is 0.0686 e. The number of hydrogen-bond acceptors (Lipinski definition) is 3. The van der Waals surface area contributed by atoms with Crippen molar-refractivity contribution in [2.45, 2.75) is 26.0 Å². The summed E-state index contributed by atoms with van der Waals surface area (Å²) in [7, 11) is 1.97. The second-order valence-corrected chi connectivity index (χ2v) is 4.11. The Morgan fingerprint density at radius 2 is 1.80 bits per heavy atom. The Morgan fingerprint density at radius 1 is 1.27 bits per heavy atom. The van der Waals surface area contributed by atoms with Gasteiger partial charge in [-0.05, 0) is 31.5 Å². The molecular weight excluding hydrogens is 188 g/mol. The third kappa shape index (κ3) is 3.53. The zero-order chi connectivity index (χ0) is 11.4. The number of hydrogen-bond donors (Lipinski definition) is 2. The molecule has 1 aromatic carbocycles. The lowest BCUT2D eigenvalue weighted by molar-refractivity contribution is 0.201. The molecule has 0 saturated carbocycles. The number of nitrogens with zero attached hydrogens (tertiary/aromatic N) is 1. The molecule has 0 fully saturated rings. The van der Waals surface area contributed by atoms with E-state index in [0.29, 0.717) is 6.54 Å². The summed E-state index contributed by atoms with van der Waals surface area (Å²) in [6.07, 6.45) is -0.317. The summed E-state index contributed by atoms with van der Waals surface area (Å²) < 4.78 is 0. The SMILES string of the molecule is CC(O)CN(C)c1ccc(C(C)N)cc1. The van der Waals surface area contributed by atoms with Gasteiger partial charge in [0.1, 0.15) is 0 Å². The van der Waals surface area contributed by atoms with E-state index in [1.54, 1.807) is 6.92 Å². The number of benzene rings is 1. The summed E-state index contributed by atoms with van der Waals surface area (Å²) in [6, 6.07) is 8.18. The van der Waals surface area contributed by atoms with Crippen LogP contribution in [0.15, 0.2) is 24.3 Å². The minimum atomic E-state index is -0.317. The molecule has 0 aliphatic rings. The topological polar surface area (TPSA) is 49.5 Å². The predicted molar refractivity (Wildman–Crippen MR) is 64.0 cm³/mol. The minimum Gasteiger partial charge on any atom is -0.392 e. The van der Waals surface area contributed by atoms with Gasteiger partial charge in [0.25, 0.3) is 0 Å². The van der Waals surface area contributed by atoms with E-state index >= 15 is 0 Å². The molecule has 1 rings (SSSR count). The molecule has 0 radical (unpaired) electrons. The molecule has 2 atom stereocenters. The number of likely N-dealkylation sites (N-methyl/N-ethyl adjacent to an activating group) is 1. The van der Waals surface area contributed by atoms with E-state index in [1.165, 1.54) is 0 Å². The highest BCUT2D eigenvalue weighted by atomic mass is 16.3. The zero-order valence-corrected chi connectivity index (χ0v) is 9.64. The highest BCUT2D eigenvalue weighted by Gasteiger charge is 2.05. The molecule has 0 spiro atoms. The summed E-state index contributed by atoms with van der Waals surface area (Å²) in [5.41, 5.74) is 7.99. The Bertz CT molecular complexity index is 293. The van der Waals surface area contributed by atoms with Gasteiger partial charge in [0.05, 0.1) is 6.10 Å². The van der Waals surface area contributed by atoms with E-state index in [-0.39, 0.29) is 12.1 Å². The van der Waals surface area contributed by atoms with Gasteiger partial charge in [0.15, 0.2) is 0 Å². The summed E-state index contributed by atoms with van der Waals surface area (Å²) in [6.45, 7) is 4.39. The highest BCUT2D eigenvalue weighted by molar-refractivity contribution is 5.47. The average Bonchev–Trinajstić information content (AvgIpc) is 2.17. The number of nitrogens with two attached hydrogens (primary N) is 1. The van der Waals surface area contributed by atoms with Crippen LogP contribution in [0.3, 0.4) is 0 Å². The number of aliphatic hydroxyl groups excluding tert-OH is 1. The molecule has 0 aliphatic heterocycles. The third-order valence-corrected chi connectivity index (χ3v) is 2.40. The first-order valence-corrected chi connectivity index (χ1v) is 5.25. The first-order valence-electron chi connectivity index (χ1n) is 5.25. The minimum absolute atomic E-state index is 0.0705. The van der Waals surface area contributed by atoms with Crippen LogP contribution >= 0.6 is 0 Å². The number of rotatable bonds is 4. The maximum atomic E-state index is 9.27. The summed E-state index contributed by atoms with van der Waals surface area (Å²) in [5, 5.41) is 9.27. The van der Waals surface area contributed by atoms with Crippen LogP contribution in [-0.4, -0.2) is 24.8 Å². The van der Waals surface area contributed by atoms with Gasteiger partial charge in [-0.15, -0.1) is 0 Å². The van der Waals surface area contributed by atoms with Crippen molar-refractivity contribution < 1.29 is 5.11 Å². The van der Waals surface area contributed by atoms with Crippen molar-refractivity contribution in [2.24, 2.45) is 5.73 Å². The summed E-state index contributed by atoms with van der Waals surface area (Å²) >= 11 is 0. The Kier molecular flexibility index (Phi) is 4.12. The maximum absolute atomic E-state index is 9.27. The standard InChI is InChI=1S/C12H20N2O/c1-9(15)8-14(3)12-6-4-11(5-7-12)10(2)13/h4-7,9-10,15H,8,13H2,1-3H3. The van der Waals surface area contributed by atoms with Crippen LogP contribution < -0.4 is 10.6 Å². The van der Waals surface area contributed by atoms with Crippen LogP contribution in [0.5, 0.6) is 0 Å². The molecule has 0 aliphatic carbocycles. The van der Waals surface area contributed by atoms with Gasteiger partial charge in [-0.3, -0.25) is 0 Å². The number of aliphatic hydroxyl groups is 1. The Hall–Kier alpha value is -1.06. The lowest BCUT2D eigenvalue weighted by Gasteiger charge is -2.21. The normalized spacial score (nSPS) is 14.7. The molecule has 1 aromatic rings. The van der Waals surface area contributed by atoms with Crippen molar-refractivity contribution in [1.29, 1.82) is 0 Å². The van der Waals surface area contributed by atoms with Crippen LogP contribution in [0.25, 0.3) is 0 Å². The Labute approximate surface area is 91.5 Å². The fraction of sp³-hybridized carbons (Fsp3) is 0.500. The summed E-state index contributed by atoms with van der Waals surface area (Å²) in [5.74, 6) is 0. The predicted octanol–water partition coefficient (Wildman–Crippen LogP) is 1.52. The van der Waals surface area contributed by atoms with E-state index in [2.05, 4.69) is 0 Å². The fourth-order valence-corrected chi connectivity index (χ4v) is 1.53. The zero-order valence-electron chi connectivity index (χ0n) is 9.64. The van der Waals surface area contributed by atoms with Crippen molar-refractivity contribution in [1.82, 2.24) is 0 Å². The largest absolute Gasteiger partial charge is 0.392 e. The van der Waals surface area contributed by atoms with Gasteiger partial charge < -0.3 is 15.7 Å². The molecule has 3 N–H and O–H groups in total. The molecule has 0 saturated heterocycles. The quantitative estimate of drug-likeness (QED) is 0.788. The third-order valence-electron chi connectivity index (χ3n) is 2.40. The van der Waals surface area contributed by atoms with E-state index in [4.69, 9.17) is 5.73 Å². The van der Waals surface area contributed by atoms with Crippen molar-refractivity contribution in [3.63, 3.8) is 0 Å². The van der Waals surface area contributed by atoms with Gasteiger partial charge in [0.2, 0.25) is 0 Å². The molecule has 0 amide bonds. The first-order chi connectivity index (χ1) is 7.00. The van der Waals surface area contributed by atoms with E-state index < -0.39 is 0 Å². The lowest BCUT2D eigenvalue weighted by Crippen LogP contribution is -2.26. The molecular formula is C12H20N2O. The van der Waals surface area contributed by atoms with Gasteiger partial charge in [-0.1, -0.05) is 12.1 Å². The molecule has 3 heteroatoms. The molecule has 0 heterocycles. The van der Waals surface area contributed by atoms with Crippen LogP contribution in [0.2, 0.25) is 0 Å². The molecule has 2 unspecified atom stereocenters. The van der Waals surface area contributed by atoms with Crippen molar-refractivity contribution >= 4 is 5.69 Å². The molecule has 15 heavy (non-hydrogen) atoms. The van der Waals surface area contributed by atoms with Crippen LogP contribution in [0, 0.1) is 0 Å². The fourth-order valence-electron chi connectivity index (χ4n) is 1.53. The molecule has 84 valence electrons. The second kappa shape index (κ2) is 5.14. The Balaban J connectivity index is 2.71. The molecule has 0 bridgehead atoms.